The highest BCUT2D eigenvalue weighted by molar-refractivity contribution is 7.99. The molecular formula is C25H31N5O3S. The molecule has 2 aromatic carbocycles. The summed E-state index contributed by atoms with van der Waals surface area (Å²) in [5.74, 6) is 2.40. The van der Waals surface area contributed by atoms with Gasteiger partial charge in [-0.15, -0.1) is 10.2 Å². The highest BCUT2D eigenvalue weighted by atomic mass is 32.2. The molecule has 0 saturated carbocycles. The molecule has 9 heteroatoms. The standard InChI is InChI=1S/C25H31N5O3S/c1-18(19-11-5-7-13-21(19)32-2)26-23(31)17-34-25-28-27-24(29-15-9-4-10-16-29)30(25)20-12-6-8-14-22(20)33-3/h5-8,11-14,18H,4,9-10,15-17H2,1-3H3,(H,26,31). The summed E-state index contributed by atoms with van der Waals surface area (Å²) in [6, 6.07) is 15.3. The van der Waals surface area contributed by atoms with E-state index >= 15 is 0 Å². The van der Waals surface area contributed by atoms with Crippen LogP contribution in [0.15, 0.2) is 53.7 Å². The van der Waals surface area contributed by atoms with Gasteiger partial charge in [-0.2, -0.15) is 0 Å². The minimum atomic E-state index is -0.180. The fourth-order valence-electron chi connectivity index (χ4n) is 4.19. The van der Waals surface area contributed by atoms with Crippen molar-refractivity contribution in [2.75, 3.05) is 38.0 Å². The number of nitrogens with one attached hydrogen (secondary N) is 1. The lowest BCUT2D eigenvalue weighted by Gasteiger charge is -2.28. The first-order valence-corrected chi connectivity index (χ1v) is 12.5. The second kappa shape index (κ2) is 11.3. The van der Waals surface area contributed by atoms with Crippen molar-refractivity contribution in [1.29, 1.82) is 0 Å². The predicted octanol–water partition coefficient (Wildman–Crippen LogP) is 4.24. The summed E-state index contributed by atoms with van der Waals surface area (Å²) in [5, 5.41) is 12.7. The Balaban J connectivity index is 1.53. The fourth-order valence-corrected chi connectivity index (χ4v) is 4.95. The molecule has 1 N–H and O–H groups in total. The lowest BCUT2D eigenvalue weighted by molar-refractivity contribution is -0.119. The molecule has 1 fully saturated rings. The number of aromatic nitrogens is 3. The van der Waals surface area contributed by atoms with Crippen molar-refractivity contribution in [2.45, 2.75) is 37.4 Å². The highest BCUT2D eigenvalue weighted by Crippen LogP contribution is 2.33. The molecular weight excluding hydrogens is 450 g/mol. The van der Waals surface area contributed by atoms with Gasteiger partial charge < -0.3 is 19.7 Å². The van der Waals surface area contributed by atoms with Crippen LogP contribution in [-0.2, 0) is 4.79 Å². The molecule has 1 aliphatic heterocycles. The largest absolute Gasteiger partial charge is 0.496 e. The highest BCUT2D eigenvalue weighted by Gasteiger charge is 2.24. The number of thioether (sulfide) groups is 1. The molecule has 1 unspecified atom stereocenters. The van der Waals surface area contributed by atoms with Gasteiger partial charge in [-0.25, -0.2) is 0 Å². The van der Waals surface area contributed by atoms with E-state index in [9.17, 15) is 4.79 Å². The van der Waals surface area contributed by atoms with Crippen LogP contribution in [0, 0.1) is 0 Å². The van der Waals surface area contributed by atoms with Gasteiger partial charge in [0, 0.05) is 18.7 Å². The van der Waals surface area contributed by atoms with Gasteiger partial charge in [0.2, 0.25) is 11.9 Å². The number of rotatable bonds is 9. The minimum absolute atomic E-state index is 0.0856. The van der Waals surface area contributed by atoms with E-state index in [-0.39, 0.29) is 17.7 Å². The number of piperidine rings is 1. The van der Waals surface area contributed by atoms with E-state index in [0.29, 0.717) is 5.16 Å². The molecule has 2 heterocycles. The van der Waals surface area contributed by atoms with Crippen LogP contribution in [0.5, 0.6) is 11.5 Å². The molecule has 0 spiro atoms. The smallest absolute Gasteiger partial charge is 0.232 e. The molecule has 1 aromatic heterocycles. The van der Waals surface area contributed by atoms with Crippen molar-refractivity contribution in [2.24, 2.45) is 0 Å². The average molecular weight is 482 g/mol. The number of benzene rings is 2. The van der Waals surface area contributed by atoms with Crippen LogP contribution in [0.4, 0.5) is 5.95 Å². The number of methoxy groups -OCH3 is 2. The molecule has 4 rings (SSSR count). The Morgan fingerprint density at radius 2 is 1.68 bits per heavy atom. The number of carbonyl (C=O) groups excluding carboxylic acids is 1. The zero-order chi connectivity index (χ0) is 23.9. The van der Waals surface area contributed by atoms with Crippen LogP contribution >= 0.6 is 11.8 Å². The van der Waals surface area contributed by atoms with E-state index < -0.39 is 0 Å². The van der Waals surface area contributed by atoms with Crippen LogP contribution in [0.25, 0.3) is 5.69 Å². The monoisotopic (exact) mass is 481 g/mol. The van der Waals surface area contributed by atoms with E-state index in [1.165, 1.54) is 18.2 Å². The van der Waals surface area contributed by atoms with Crippen molar-refractivity contribution in [3.63, 3.8) is 0 Å². The SMILES string of the molecule is COc1ccccc1C(C)NC(=O)CSc1nnc(N2CCCCC2)n1-c1ccccc1OC. The quantitative estimate of drug-likeness (QED) is 0.458. The Morgan fingerprint density at radius 3 is 2.41 bits per heavy atom. The van der Waals surface area contributed by atoms with Crippen LogP contribution in [0.3, 0.4) is 0 Å². The van der Waals surface area contributed by atoms with Crippen molar-refractivity contribution >= 4 is 23.6 Å². The molecule has 3 aromatic rings. The van der Waals surface area contributed by atoms with Crippen LogP contribution in [-0.4, -0.2) is 53.7 Å². The van der Waals surface area contributed by atoms with Crippen molar-refractivity contribution in [3.05, 3.63) is 54.1 Å². The van der Waals surface area contributed by atoms with Crippen molar-refractivity contribution in [1.82, 2.24) is 20.1 Å². The molecule has 34 heavy (non-hydrogen) atoms. The van der Waals surface area contributed by atoms with Gasteiger partial charge in [0.25, 0.3) is 0 Å². The average Bonchev–Trinajstić information content (AvgIpc) is 3.31. The third-order valence-electron chi connectivity index (χ3n) is 5.90. The molecule has 0 radical (unpaired) electrons. The lowest BCUT2D eigenvalue weighted by Crippen LogP contribution is -2.32. The van der Waals surface area contributed by atoms with Gasteiger partial charge in [0.1, 0.15) is 11.5 Å². The van der Waals surface area contributed by atoms with Crippen molar-refractivity contribution in [3.8, 4) is 17.2 Å². The zero-order valence-electron chi connectivity index (χ0n) is 19.9. The number of anilines is 1. The fraction of sp³-hybridized carbons (Fsp3) is 0.400. The maximum absolute atomic E-state index is 12.8. The normalized spacial score (nSPS) is 14.5. The molecule has 1 aliphatic rings. The van der Waals surface area contributed by atoms with Crippen LogP contribution in [0.2, 0.25) is 0 Å². The predicted molar refractivity (Wildman–Crippen MR) is 134 cm³/mol. The number of carbonyl (C=O) groups is 1. The second-order valence-electron chi connectivity index (χ2n) is 8.16. The molecule has 0 bridgehead atoms. The third-order valence-corrected chi connectivity index (χ3v) is 6.83. The summed E-state index contributed by atoms with van der Waals surface area (Å²) in [7, 11) is 3.29. The van der Waals surface area contributed by atoms with E-state index in [1.807, 2.05) is 60.0 Å². The summed E-state index contributed by atoms with van der Waals surface area (Å²) in [5.41, 5.74) is 1.80. The van der Waals surface area contributed by atoms with Gasteiger partial charge in [-0.1, -0.05) is 42.1 Å². The molecule has 1 saturated heterocycles. The minimum Gasteiger partial charge on any atom is -0.496 e. The number of hydrogen-bond donors (Lipinski definition) is 1. The third kappa shape index (κ3) is 5.30. The van der Waals surface area contributed by atoms with Gasteiger partial charge >= 0.3 is 0 Å². The Morgan fingerprint density at radius 1 is 1.00 bits per heavy atom. The number of hydrogen-bond acceptors (Lipinski definition) is 7. The van der Waals surface area contributed by atoms with Crippen LogP contribution in [0.1, 0.15) is 37.8 Å². The van der Waals surface area contributed by atoms with Gasteiger partial charge in [-0.3, -0.25) is 9.36 Å². The zero-order valence-corrected chi connectivity index (χ0v) is 20.7. The summed E-state index contributed by atoms with van der Waals surface area (Å²) in [6.45, 7) is 3.83. The maximum atomic E-state index is 12.8. The van der Waals surface area contributed by atoms with E-state index in [2.05, 4.69) is 20.4 Å². The number of ether oxygens (including phenoxy) is 2. The first-order chi connectivity index (χ1) is 16.6. The summed E-state index contributed by atoms with van der Waals surface area (Å²) >= 11 is 1.36. The van der Waals surface area contributed by atoms with Crippen molar-refractivity contribution < 1.29 is 14.3 Å². The topological polar surface area (TPSA) is 81.5 Å². The van der Waals surface area contributed by atoms with E-state index in [4.69, 9.17) is 9.47 Å². The van der Waals surface area contributed by atoms with Crippen LogP contribution < -0.4 is 19.7 Å². The second-order valence-corrected chi connectivity index (χ2v) is 9.10. The van der Waals surface area contributed by atoms with E-state index in [1.54, 1.807) is 14.2 Å². The summed E-state index contributed by atoms with van der Waals surface area (Å²) in [6.07, 6.45) is 3.49. The Kier molecular flexibility index (Phi) is 7.95. The first-order valence-electron chi connectivity index (χ1n) is 11.5. The van der Waals surface area contributed by atoms with Gasteiger partial charge in [-0.05, 0) is 44.4 Å². The number of para-hydroxylation sites is 3. The maximum Gasteiger partial charge on any atom is 0.232 e. The summed E-state index contributed by atoms with van der Waals surface area (Å²) in [4.78, 5) is 15.1. The Bertz CT molecular complexity index is 1110. The number of amides is 1. The first kappa shape index (κ1) is 23.9. The molecule has 0 aliphatic carbocycles. The number of nitrogens with zero attached hydrogens (tertiary/aromatic N) is 4. The van der Waals surface area contributed by atoms with Gasteiger partial charge in [0.05, 0.1) is 31.7 Å². The molecule has 1 atom stereocenters. The lowest BCUT2D eigenvalue weighted by atomic mass is 10.1. The Labute approximate surface area is 204 Å². The molecule has 1 amide bonds. The summed E-state index contributed by atoms with van der Waals surface area (Å²) < 4.78 is 13.1. The molecule has 8 nitrogen and oxygen atoms in total. The molecule has 180 valence electrons. The Hall–Kier alpha value is -3.20. The van der Waals surface area contributed by atoms with Gasteiger partial charge in [0.15, 0.2) is 5.16 Å². The van der Waals surface area contributed by atoms with E-state index in [0.717, 1.165) is 54.6 Å².